The molecule has 178 valence electrons. The van der Waals surface area contributed by atoms with Crippen molar-refractivity contribution in [1.82, 2.24) is 4.90 Å². The third-order valence-electron chi connectivity index (χ3n) is 6.50. The Labute approximate surface area is 204 Å². The molecule has 0 saturated carbocycles. The fraction of sp³-hybridized carbons (Fsp3) is 0.300. The molecule has 3 rings (SSSR count). The first-order valence-electron chi connectivity index (χ1n) is 11.9. The van der Waals surface area contributed by atoms with Gasteiger partial charge in [-0.25, -0.2) is 0 Å². The smallest absolute Gasteiger partial charge is 0.218 e. The van der Waals surface area contributed by atoms with Crippen LogP contribution < -0.4 is 4.90 Å². The van der Waals surface area contributed by atoms with Gasteiger partial charge in [0.25, 0.3) is 0 Å². The lowest BCUT2D eigenvalue weighted by Crippen LogP contribution is -2.33. The van der Waals surface area contributed by atoms with Gasteiger partial charge in [0.1, 0.15) is 0 Å². The first-order chi connectivity index (χ1) is 16.5. The van der Waals surface area contributed by atoms with Crippen molar-refractivity contribution in [1.29, 1.82) is 0 Å². The summed E-state index contributed by atoms with van der Waals surface area (Å²) >= 11 is 0. The number of anilines is 2. The monoisotopic (exact) mass is 456 g/mol. The van der Waals surface area contributed by atoms with Crippen molar-refractivity contribution in [2.75, 3.05) is 18.1 Å². The summed E-state index contributed by atoms with van der Waals surface area (Å²) in [5, 5.41) is 9.41. The first kappa shape index (κ1) is 25.3. The number of aliphatic hydroxyl groups excluding tert-OH is 1. The summed E-state index contributed by atoms with van der Waals surface area (Å²) in [7, 11) is 0. The highest BCUT2D eigenvalue weighted by atomic mass is 16.3. The van der Waals surface area contributed by atoms with Crippen LogP contribution in [0.15, 0.2) is 97.8 Å². The molecule has 0 aliphatic carbocycles. The number of likely N-dealkylation sites (tertiary alicyclic amines) is 1. The highest BCUT2D eigenvalue weighted by molar-refractivity contribution is 5.88. The highest BCUT2D eigenvalue weighted by Gasteiger charge is 2.37. The molecule has 1 amide bonds. The van der Waals surface area contributed by atoms with E-state index in [1.54, 1.807) is 17.1 Å². The summed E-state index contributed by atoms with van der Waals surface area (Å²) < 4.78 is 0. The van der Waals surface area contributed by atoms with Crippen molar-refractivity contribution in [2.24, 2.45) is 5.92 Å². The molecule has 1 aliphatic heterocycles. The Bertz CT molecular complexity index is 1050. The SMILES string of the molecule is C=C/C=C(\C=C/Cc1cccc(N(C=O)c2ccccc2C2CCN(C=C)C2C(C)C)c1)CO. The highest BCUT2D eigenvalue weighted by Crippen LogP contribution is 2.42. The zero-order valence-corrected chi connectivity index (χ0v) is 20.3. The van der Waals surface area contributed by atoms with E-state index in [0.717, 1.165) is 41.9 Å². The van der Waals surface area contributed by atoms with Crippen LogP contribution in [0.25, 0.3) is 0 Å². The molecule has 1 N–H and O–H groups in total. The number of hydrogen-bond donors (Lipinski definition) is 1. The molecule has 1 aliphatic rings. The van der Waals surface area contributed by atoms with E-state index in [0.29, 0.717) is 24.3 Å². The molecule has 0 aromatic heterocycles. The molecule has 1 heterocycles. The van der Waals surface area contributed by atoms with Gasteiger partial charge in [-0.05, 0) is 59.9 Å². The van der Waals surface area contributed by atoms with Gasteiger partial charge in [0.2, 0.25) is 6.41 Å². The lowest BCUT2D eigenvalue weighted by molar-refractivity contribution is -0.106. The normalized spacial score (nSPS) is 18.5. The van der Waals surface area contributed by atoms with Crippen LogP contribution in [-0.4, -0.2) is 35.6 Å². The Morgan fingerprint density at radius 3 is 2.68 bits per heavy atom. The van der Waals surface area contributed by atoms with Crippen molar-refractivity contribution in [3.8, 4) is 0 Å². The predicted octanol–water partition coefficient (Wildman–Crippen LogP) is 6.14. The Hall–Kier alpha value is -3.37. The lowest BCUT2D eigenvalue weighted by Gasteiger charge is -2.32. The zero-order valence-electron chi connectivity index (χ0n) is 20.3. The number of hydrogen-bond acceptors (Lipinski definition) is 3. The van der Waals surface area contributed by atoms with Crippen LogP contribution in [-0.2, 0) is 11.2 Å². The fourth-order valence-corrected chi connectivity index (χ4v) is 5.01. The van der Waals surface area contributed by atoms with Crippen LogP contribution in [0.4, 0.5) is 11.4 Å². The molecule has 0 radical (unpaired) electrons. The van der Waals surface area contributed by atoms with Crippen molar-refractivity contribution in [2.45, 2.75) is 38.6 Å². The van der Waals surface area contributed by atoms with Crippen LogP contribution in [0.3, 0.4) is 0 Å². The van der Waals surface area contributed by atoms with E-state index in [1.807, 2.05) is 48.7 Å². The minimum absolute atomic E-state index is 0.0277. The third kappa shape index (κ3) is 5.75. The fourth-order valence-electron chi connectivity index (χ4n) is 5.01. The minimum Gasteiger partial charge on any atom is -0.392 e. The molecule has 1 fully saturated rings. The molecule has 2 unspecified atom stereocenters. The predicted molar refractivity (Wildman–Crippen MR) is 142 cm³/mol. The van der Waals surface area contributed by atoms with E-state index in [2.05, 4.69) is 50.1 Å². The standard InChI is InChI=1S/C30H36N2O2/c1-5-11-25(21-33)14-9-12-24-13-10-15-26(20-24)32(22-34)29-17-8-7-16-27(29)28-18-19-31(6-2)30(28)23(3)4/h5-11,13-17,20,22-23,28,30,33H,1-2,12,18-19,21H2,3-4H3/b14-9-,25-11+. The van der Waals surface area contributed by atoms with Crippen molar-refractivity contribution in [3.63, 3.8) is 0 Å². The van der Waals surface area contributed by atoms with E-state index in [1.165, 1.54) is 5.56 Å². The van der Waals surface area contributed by atoms with Gasteiger partial charge in [-0.15, -0.1) is 0 Å². The third-order valence-corrected chi connectivity index (χ3v) is 6.50. The zero-order chi connectivity index (χ0) is 24.5. The average Bonchev–Trinajstić information content (AvgIpc) is 3.29. The van der Waals surface area contributed by atoms with E-state index in [4.69, 9.17) is 0 Å². The van der Waals surface area contributed by atoms with Gasteiger partial charge in [-0.1, -0.05) is 81.6 Å². The van der Waals surface area contributed by atoms with Gasteiger partial charge in [-0.3, -0.25) is 9.69 Å². The summed E-state index contributed by atoms with van der Waals surface area (Å²) in [6.07, 6.45) is 12.0. The van der Waals surface area contributed by atoms with Gasteiger partial charge in [-0.2, -0.15) is 0 Å². The van der Waals surface area contributed by atoms with E-state index >= 15 is 0 Å². The summed E-state index contributed by atoms with van der Waals surface area (Å²) in [4.78, 5) is 16.5. The molecule has 2 atom stereocenters. The van der Waals surface area contributed by atoms with Crippen LogP contribution in [0, 0.1) is 5.92 Å². The topological polar surface area (TPSA) is 43.8 Å². The van der Waals surface area contributed by atoms with Crippen molar-refractivity contribution < 1.29 is 9.90 Å². The summed E-state index contributed by atoms with van der Waals surface area (Å²) in [5.74, 6) is 0.800. The summed E-state index contributed by atoms with van der Waals surface area (Å²) in [6, 6.07) is 16.7. The number of para-hydroxylation sites is 1. The molecule has 34 heavy (non-hydrogen) atoms. The summed E-state index contributed by atoms with van der Waals surface area (Å²) in [6.45, 7) is 13.1. The number of carbonyl (C=O) groups excluding carboxylic acids is 1. The maximum Gasteiger partial charge on any atom is 0.218 e. The van der Waals surface area contributed by atoms with E-state index in [-0.39, 0.29) is 6.61 Å². The average molecular weight is 457 g/mol. The number of amides is 1. The first-order valence-corrected chi connectivity index (χ1v) is 11.9. The summed E-state index contributed by atoms with van der Waals surface area (Å²) in [5.41, 5.74) is 4.87. The van der Waals surface area contributed by atoms with Gasteiger partial charge in [0.15, 0.2) is 0 Å². The Balaban J connectivity index is 1.91. The number of carbonyl (C=O) groups is 1. The Morgan fingerprint density at radius 2 is 2.00 bits per heavy atom. The second kappa shape index (κ2) is 12.2. The van der Waals surface area contributed by atoms with Crippen LogP contribution in [0.2, 0.25) is 0 Å². The van der Waals surface area contributed by atoms with E-state index < -0.39 is 0 Å². The molecule has 2 aromatic carbocycles. The van der Waals surface area contributed by atoms with Crippen LogP contribution >= 0.6 is 0 Å². The van der Waals surface area contributed by atoms with Crippen molar-refractivity contribution >= 4 is 17.8 Å². The van der Waals surface area contributed by atoms with Gasteiger partial charge < -0.3 is 10.0 Å². The Morgan fingerprint density at radius 1 is 1.21 bits per heavy atom. The second-order valence-electron chi connectivity index (χ2n) is 9.00. The molecule has 2 aromatic rings. The van der Waals surface area contributed by atoms with E-state index in [9.17, 15) is 9.90 Å². The second-order valence-corrected chi connectivity index (χ2v) is 9.00. The lowest BCUT2D eigenvalue weighted by atomic mass is 9.84. The molecule has 4 nitrogen and oxygen atoms in total. The number of benzene rings is 2. The van der Waals surface area contributed by atoms with Crippen LogP contribution in [0.5, 0.6) is 0 Å². The maximum atomic E-state index is 12.4. The number of nitrogens with zero attached hydrogens (tertiary/aromatic N) is 2. The van der Waals surface area contributed by atoms with Gasteiger partial charge >= 0.3 is 0 Å². The molecule has 1 saturated heterocycles. The van der Waals surface area contributed by atoms with Gasteiger partial charge in [0.05, 0.1) is 12.3 Å². The molecular weight excluding hydrogens is 420 g/mol. The Kier molecular flexibility index (Phi) is 9.06. The number of rotatable bonds is 11. The minimum atomic E-state index is -0.0277. The van der Waals surface area contributed by atoms with Gasteiger partial charge in [0, 0.05) is 24.2 Å². The molecule has 0 spiro atoms. The number of aliphatic hydroxyl groups is 1. The quantitative estimate of drug-likeness (QED) is 0.326. The van der Waals surface area contributed by atoms with Crippen LogP contribution in [0.1, 0.15) is 37.3 Å². The number of allylic oxidation sites excluding steroid dienone is 3. The molecule has 4 heteroatoms. The molecule has 0 bridgehead atoms. The largest absolute Gasteiger partial charge is 0.392 e. The maximum absolute atomic E-state index is 12.4. The van der Waals surface area contributed by atoms with Crippen molar-refractivity contribution in [3.05, 3.63) is 109 Å². The molecular formula is C30H36N2O2.